The third-order valence-electron chi connectivity index (χ3n) is 4.89. The van der Waals surface area contributed by atoms with Gasteiger partial charge in [0.25, 0.3) is 5.91 Å². The summed E-state index contributed by atoms with van der Waals surface area (Å²) in [5, 5.41) is 9.55. The molecule has 1 N–H and O–H groups in total. The summed E-state index contributed by atoms with van der Waals surface area (Å²) >= 11 is 0. The number of carbonyl (C=O) groups excluding carboxylic acids is 1. The minimum Gasteiger partial charge on any atom is -0.489 e. The van der Waals surface area contributed by atoms with Gasteiger partial charge in [-0.1, -0.05) is 18.2 Å². The van der Waals surface area contributed by atoms with Crippen LogP contribution >= 0.6 is 0 Å². The number of amides is 1. The van der Waals surface area contributed by atoms with Gasteiger partial charge < -0.3 is 19.5 Å². The average Bonchev–Trinajstić information content (AvgIpc) is 3.12. The SMILES string of the molecule is COCC1(C(=O)O)CCN(C(=O)c2cccc(COc3cccc(F)c3)c2)C1. The summed E-state index contributed by atoms with van der Waals surface area (Å²) in [6.45, 7) is 0.721. The zero-order valence-electron chi connectivity index (χ0n) is 15.6. The lowest BCUT2D eigenvalue weighted by atomic mass is 9.88. The smallest absolute Gasteiger partial charge is 0.313 e. The summed E-state index contributed by atoms with van der Waals surface area (Å²) in [5.41, 5.74) is 0.150. The van der Waals surface area contributed by atoms with Gasteiger partial charge >= 0.3 is 5.97 Å². The van der Waals surface area contributed by atoms with E-state index < -0.39 is 11.4 Å². The monoisotopic (exact) mass is 387 g/mol. The van der Waals surface area contributed by atoms with E-state index in [2.05, 4.69) is 0 Å². The van der Waals surface area contributed by atoms with Crippen LogP contribution in [0, 0.1) is 11.2 Å². The zero-order valence-corrected chi connectivity index (χ0v) is 15.6. The largest absolute Gasteiger partial charge is 0.489 e. The molecule has 6 nitrogen and oxygen atoms in total. The molecule has 1 amide bonds. The van der Waals surface area contributed by atoms with Crippen LogP contribution in [-0.2, 0) is 16.1 Å². The highest BCUT2D eigenvalue weighted by molar-refractivity contribution is 5.95. The van der Waals surface area contributed by atoms with E-state index in [1.165, 1.54) is 19.2 Å². The van der Waals surface area contributed by atoms with Crippen molar-refractivity contribution in [1.82, 2.24) is 4.90 Å². The molecule has 2 aromatic rings. The summed E-state index contributed by atoms with van der Waals surface area (Å²) in [7, 11) is 1.46. The normalized spacial score (nSPS) is 18.9. The van der Waals surface area contributed by atoms with E-state index in [0.29, 0.717) is 24.3 Å². The molecule has 28 heavy (non-hydrogen) atoms. The molecule has 2 aromatic carbocycles. The average molecular weight is 387 g/mol. The molecule has 7 heteroatoms. The minimum atomic E-state index is -1.07. The van der Waals surface area contributed by atoms with Gasteiger partial charge in [-0.3, -0.25) is 9.59 Å². The minimum absolute atomic E-state index is 0.0631. The molecule has 0 radical (unpaired) electrons. The van der Waals surface area contributed by atoms with E-state index in [1.54, 1.807) is 35.2 Å². The first-order valence-corrected chi connectivity index (χ1v) is 8.92. The van der Waals surface area contributed by atoms with Crippen LogP contribution in [0.2, 0.25) is 0 Å². The fourth-order valence-corrected chi connectivity index (χ4v) is 3.38. The fourth-order valence-electron chi connectivity index (χ4n) is 3.38. The van der Waals surface area contributed by atoms with Crippen molar-refractivity contribution in [3.63, 3.8) is 0 Å². The Labute approximate surface area is 162 Å². The summed E-state index contributed by atoms with van der Waals surface area (Å²) in [4.78, 5) is 26.0. The summed E-state index contributed by atoms with van der Waals surface area (Å²) < 4.78 is 23.9. The van der Waals surface area contributed by atoms with E-state index in [9.17, 15) is 19.1 Å². The molecule has 148 valence electrons. The number of rotatable bonds is 7. The third kappa shape index (κ3) is 4.31. The first-order chi connectivity index (χ1) is 13.4. The lowest BCUT2D eigenvalue weighted by Gasteiger charge is -2.24. The van der Waals surface area contributed by atoms with Gasteiger partial charge in [-0.15, -0.1) is 0 Å². The van der Waals surface area contributed by atoms with Crippen LogP contribution in [0.3, 0.4) is 0 Å². The number of hydrogen-bond acceptors (Lipinski definition) is 4. The lowest BCUT2D eigenvalue weighted by Crippen LogP contribution is -2.40. The van der Waals surface area contributed by atoms with Crippen LogP contribution in [0.25, 0.3) is 0 Å². The molecular weight excluding hydrogens is 365 g/mol. The maximum Gasteiger partial charge on any atom is 0.313 e. The second-order valence-corrected chi connectivity index (χ2v) is 6.94. The molecule has 0 spiro atoms. The Bertz CT molecular complexity index is 871. The predicted octanol–water partition coefficient (Wildman–Crippen LogP) is 2.97. The highest BCUT2D eigenvalue weighted by Gasteiger charge is 2.46. The van der Waals surface area contributed by atoms with Crippen LogP contribution in [0.5, 0.6) is 5.75 Å². The molecule has 0 aromatic heterocycles. The highest BCUT2D eigenvalue weighted by atomic mass is 19.1. The number of halogens is 1. The Morgan fingerprint density at radius 3 is 2.71 bits per heavy atom. The van der Waals surface area contributed by atoms with Gasteiger partial charge in [0.2, 0.25) is 0 Å². The Morgan fingerprint density at radius 2 is 2.00 bits per heavy atom. The Kier molecular flexibility index (Phi) is 5.94. The van der Waals surface area contributed by atoms with E-state index in [-0.39, 0.29) is 31.5 Å². The van der Waals surface area contributed by atoms with E-state index in [0.717, 1.165) is 5.56 Å². The first-order valence-electron chi connectivity index (χ1n) is 8.92. The van der Waals surface area contributed by atoms with Crippen molar-refractivity contribution >= 4 is 11.9 Å². The second-order valence-electron chi connectivity index (χ2n) is 6.94. The number of carboxylic acids is 1. The van der Waals surface area contributed by atoms with Crippen molar-refractivity contribution in [2.45, 2.75) is 13.0 Å². The molecule has 1 unspecified atom stereocenters. The van der Waals surface area contributed by atoms with Crippen molar-refractivity contribution in [2.75, 3.05) is 26.8 Å². The van der Waals surface area contributed by atoms with Crippen molar-refractivity contribution < 1.29 is 28.6 Å². The molecule has 3 rings (SSSR count). The van der Waals surface area contributed by atoms with E-state index >= 15 is 0 Å². The van der Waals surface area contributed by atoms with Crippen molar-refractivity contribution in [3.05, 3.63) is 65.5 Å². The third-order valence-corrected chi connectivity index (χ3v) is 4.89. The maximum atomic E-state index is 13.2. The quantitative estimate of drug-likeness (QED) is 0.791. The summed E-state index contributed by atoms with van der Waals surface area (Å²) in [6.07, 6.45) is 0.351. The molecule has 0 aliphatic carbocycles. The highest BCUT2D eigenvalue weighted by Crippen LogP contribution is 2.32. The summed E-state index contributed by atoms with van der Waals surface area (Å²) in [6, 6.07) is 12.8. The van der Waals surface area contributed by atoms with Crippen LogP contribution in [0.15, 0.2) is 48.5 Å². The van der Waals surface area contributed by atoms with Crippen LogP contribution in [0.4, 0.5) is 4.39 Å². The van der Waals surface area contributed by atoms with Crippen molar-refractivity contribution in [3.8, 4) is 5.75 Å². The molecule has 1 heterocycles. The maximum absolute atomic E-state index is 13.2. The molecule has 0 bridgehead atoms. The van der Waals surface area contributed by atoms with Gasteiger partial charge in [-0.2, -0.15) is 0 Å². The zero-order chi connectivity index (χ0) is 20.1. The van der Waals surface area contributed by atoms with Gasteiger partial charge in [0.05, 0.1) is 6.61 Å². The Balaban J connectivity index is 1.68. The number of hydrogen-bond donors (Lipinski definition) is 1. The topological polar surface area (TPSA) is 76.1 Å². The number of carbonyl (C=O) groups is 2. The molecule has 1 aliphatic heterocycles. The van der Waals surface area contributed by atoms with Gasteiger partial charge in [-0.25, -0.2) is 4.39 Å². The first kappa shape index (κ1) is 19.8. The van der Waals surface area contributed by atoms with Crippen LogP contribution < -0.4 is 4.74 Å². The fraction of sp³-hybridized carbons (Fsp3) is 0.333. The molecule has 1 atom stereocenters. The van der Waals surface area contributed by atoms with Crippen LogP contribution in [0.1, 0.15) is 22.3 Å². The van der Waals surface area contributed by atoms with Gasteiger partial charge in [-0.05, 0) is 36.2 Å². The molecule has 1 aliphatic rings. The van der Waals surface area contributed by atoms with Gasteiger partial charge in [0.15, 0.2) is 0 Å². The van der Waals surface area contributed by atoms with E-state index in [1.807, 2.05) is 6.07 Å². The molecule has 0 saturated carbocycles. The van der Waals surface area contributed by atoms with E-state index in [4.69, 9.17) is 9.47 Å². The molecule has 1 saturated heterocycles. The van der Waals surface area contributed by atoms with Gasteiger partial charge in [0.1, 0.15) is 23.6 Å². The number of aliphatic carboxylic acids is 1. The number of likely N-dealkylation sites (tertiary alicyclic amines) is 1. The Morgan fingerprint density at radius 1 is 1.21 bits per heavy atom. The number of benzene rings is 2. The van der Waals surface area contributed by atoms with Crippen molar-refractivity contribution in [1.29, 1.82) is 0 Å². The number of methoxy groups -OCH3 is 1. The molecular formula is C21H22FNO5. The number of nitrogens with zero attached hydrogens (tertiary/aromatic N) is 1. The predicted molar refractivity (Wildman–Crippen MR) is 99.6 cm³/mol. The standard InChI is InChI=1S/C21H22FNO5/c1-27-14-21(20(25)26)8-9-23(13-21)19(24)16-5-2-4-15(10-16)12-28-18-7-3-6-17(22)11-18/h2-7,10-11H,8-9,12-14H2,1H3,(H,25,26). The van der Waals surface area contributed by atoms with Crippen molar-refractivity contribution in [2.24, 2.45) is 5.41 Å². The van der Waals surface area contributed by atoms with Gasteiger partial charge in [0, 0.05) is 31.8 Å². The molecule has 1 fully saturated rings. The number of ether oxygens (including phenoxy) is 2. The Hall–Kier alpha value is -2.93. The van der Waals surface area contributed by atoms with Crippen LogP contribution in [-0.4, -0.2) is 48.7 Å². The summed E-state index contributed by atoms with van der Waals surface area (Å²) in [5.74, 6) is -1.16. The second kappa shape index (κ2) is 8.39. The lowest BCUT2D eigenvalue weighted by molar-refractivity contribution is -0.151. The number of carboxylic acid groups (broad SMARTS) is 1.